The highest BCUT2D eigenvalue weighted by atomic mass is 19.3. The Morgan fingerprint density at radius 1 is 1.21 bits per heavy atom. The van der Waals surface area contributed by atoms with Crippen LogP contribution in [0.5, 0.6) is 5.75 Å². The van der Waals surface area contributed by atoms with Crippen molar-refractivity contribution in [2.75, 3.05) is 19.0 Å². The predicted molar refractivity (Wildman–Crippen MR) is 99.4 cm³/mol. The van der Waals surface area contributed by atoms with Crippen molar-refractivity contribution in [3.05, 3.63) is 54.6 Å². The summed E-state index contributed by atoms with van der Waals surface area (Å²) in [4.78, 5) is 24.1. The molecule has 156 valence electrons. The summed E-state index contributed by atoms with van der Waals surface area (Å²) < 4.78 is 54.8. The van der Waals surface area contributed by atoms with Gasteiger partial charge in [0.05, 0.1) is 5.69 Å². The highest BCUT2D eigenvalue weighted by molar-refractivity contribution is 6.06. The van der Waals surface area contributed by atoms with Gasteiger partial charge < -0.3 is 9.64 Å². The minimum absolute atomic E-state index is 0.275. The van der Waals surface area contributed by atoms with Crippen LogP contribution in [0.1, 0.15) is 12.7 Å². The number of alkyl halides is 4. The van der Waals surface area contributed by atoms with Gasteiger partial charge in [-0.15, -0.1) is 0 Å². The molecular formula is C19H20F4N4O2. The zero-order valence-corrected chi connectivity index (χ0v) is 16.0. The van der Waals surface area contributed by atoms with Crippen LogP contribution in [0.4, 0.5) is 29.1 Å². The third-order valence-electron chi connectivity index (χ3n) is 3.57. The van der Waals surface area contributed by atoms with Gasteiger partial charge in [0.25, 0.3) is 5.91 Å². The fourth-order valence-electron chi connectivity index (χ4n) is 2.21. The quantitative estimate of drug-likeness (QED) is 0.484. The van der Waals surface area contributed by atoms with Crippen molar-refractivity contribution in [1.29, 1.82) is 0 Å². The molecule has 0 fully saturated rings. The first kappa shape index (κ1) is 22.1. The third-order valence-corrected chi connectivity index (χ3v) is 3.57. The Bertz CT molecular complexity index is 858. The van der Waals surface area contributed by atoms with E-state index in [0.29, 0.717) is 12.2 Å². The maximum Gasteiger partial charge on any atom is 0.461 e. The SMILES string of the molecule is CCc1nccc(N(C(=O)C=CN(C)C)c2ccc(OC(F)(F)C(F)F)cc2)n1. The smallest absolute Gasteiger partial charge is 0.428 e. The largest absolute Gasteiger partial charge is 0.461 e. The van der Waals surface area contributed by atoms with E-state index in [-0.39, 0.29) is 11.5 Å². The number of rotatable bonds is 8. The van der Waals surface area contributed by atoms with Gasteiger partial charge in [0, 0.05) is 39.0 Å². The fraction of sp³-hybridized carbons (Fsp3) is 0.316. The number of amides is 1. The molecular weight excluding hydrogens is 392 g/mol. The standard InChI is InChI=1S/C19H20F4N4O2/c1-4-15-24-11-9-16(25-15)27(17(28)10-12-26(2)3)13-5-7-14(8-6-13)29-19(22,23)18(20)21/h5-12,18H,4H2,1-3H3. The van der Waals surface area contributed by atoms with Crippen LogP contribution in [0.2, 0.25) is 0 Å². The molecule has 2 rings (SSSR count). The highest BCUT2D eigenvalue weighted by Gasteiger charge is 2.43. The second-order valence-electron chi connectivity index (χ2n) is 6.10. The Kier molecular flexibility index (Phi) is 7.13. The van der Waals surface area contributed by atoms with Crippen LogP contribution >= 0.6 is 0 Å². The molecule has 0 bridgehead atoms. The minimum atomic E-state index is -4.62. The Labute approximate surface area is 165 Å². The van der Waals surface area contributed by atoms with Crippen molar-refractivity contribution in [2.24, 2.45) is 0 Å². The van der Waals surface area contributed by atoms with Crippen molar-refractivity contribution < 1.29 is 27.1 Å². The summed E-state index contributed by atoms with van der Waals surface area (Å²) in [5.41, 5.74) is 0.284. The number of hydrogen-bond donors (Lipinski definition) is 0. The first-order valence-corrected chi connectivity index (χ1v) is 8.59. The van der Waals surface area contributed by atoms with Gasteiger partial charge in [-0.3, -0.25) is 9.69 Å². The molecule has 0 N–H and O–H groups in total. The lowest BCUT2D eigenvalue weighted by Gasteiger charge is -2.22. The lowest BCUT2D eigenvalue weighted by molar-refractivity contribution is -0.253. The van der Waals surface area contributed by atoms with Gasteiger partial charge in [0.2, 0.25) is 0 Å². The summed E-state index contributed by atoms with van der Waals surface area (Å²) in [5.74, 6) is -0.136. The van der Waals surface area contributed by atoms with E-state index in [9.17, 15) is 22.4 Å². The molecule has 6 nitrogen and oxygen atoms in total. The lowest BCUT2D eigenvalue weighted by Crippen LogP contribution is -2.33. The van der Waals surface area contributed by atoms with Crippen LogP contribution in [0, 0.1) is 0 Å². The molecule has 0 aliphatic heterocycles. The van der Waals surface area contributed by atoms with Gasteiger partial charge in [0.15, 0.2) is 0 Å². The van der Waals surface area contributed by atoms with Crippen molar-refractivity contribution in [1.82, 2.24) is 14.9 Å². The highest BCUT2D eigenvalue weighted by Crippen LogP contribution is 2.30. The summed E-state index contributed by atoms with van der Waals surface area (Å²) in [6.07, 6.45) is -3.70. The Hall–Kier alpha value is -3.17. The lowest BCUT2D eigenvalue weighted by atomic mass is 10.2. The Balaban J connectivity index is 2.39. The van der Waals surface area contributed by atoms with Gasteiger partial charge in [-0.2, -0.15) is 17.6 Å². The van der Waals surface area contributed by atoms with E-state index in [0.717, 1.165) is 12.1 Å². The van der Waals surface area contributed by atoms with E-state index >= 15 is 0 Å². The molecule has 0 atom stereocenters. The predicted octanol–water partition coefficient (Wildman–Crippen LogP) is 4.02. The van der Waals surface area contributed by atoms with Gasteiger partial charge in [-0.05, 0) is 30.3 Å². The normalized spacial score (nSPS) is 11.7. The molecule has 2 aromatic rings. The number of carbonyl (C=O) groups is 1. The maximum absolute atomic E-state index is 13.1. The van der Waals surface area contributed by atoms with Crippen LogP contribution in [0.25, 0.3) is 0 Å². The Morgan fingerprint density at radius 3 is 2.41 bits per heavy atom. The molecule has 0 radical (unpaired) electrons. The first-order valence-electron chi connectivity index (χ1n) is 8.59. The first-order chi connectivity index (χ1) is 13.6. The molecule has 1 heterocycles. The molecule has 0 saturated heterocycles. The summed E-state index contributed by atoms with van der Waals surface area (Å²) in [7, 11) is 3.48. The number of halogens is 4. The molecule has 0 spiro atoms. The Morgan fingerprint density at radius 2 is 1.86 bits per heavy atom. The third kappa shape index (κ3) is 5.90. The zero-order valence-electron chi connectivity index (χ0n) is 16.0. The van der Waals surface area contributed by atoms with E-state index in [4.69, 9.17) is 0 Å². The van der Waals surface area contributed by atoms with E-state index in [1.165, 1.54) is 41.6 Å². The number of nitrogens with zero attached hydrogens (tertiary/aromatic N) is 4. The van der Waals surface area contributed by atoms with Gasteiger partial charge >= 0.3 is 12.5 Å². The molecule has 0 unspecified atom stereocenters. The summed E-state index contributed by atoms with van der Waals surface area (Å²) in [6.45, 7) is 1.85. The van der Waals surface area contributed by atoms with E-state index in [2.05, 4.69) is 14.7 Å². The second-order valence-corrected chi connectivity index (χ2v) is 6.10. The molecule has 0 aliphatic carbocycles. The van der Waals surface area contributed by atoms with Gasteiger partial charge in [0.1, 0.15) is 17.4 Å². The van der Waals surface area contributed by atoms with Crippen molar-refractivity contribution in [3.63, 3.8) is 0 Å². The average molecular weight is 412 g/mol. The molecule has 1 aromatic heterocycles. The summed E-state index contributed by atoms with van der Waals surface area (Å²) in [5, 5.41) is 0. The number of aryl methyl sites for hydroxylation is 1. The van der Waals surface area contributed by atoms with Gasteiger partial charge in [-0.25, -0.2) is 9.97 Å². The molecule has 10 heteroatoms. The van der Waals surface area contributed by atoms with Crippen LogP contribution in [-0.2, 0) is 11.2 Å². The topological polar surface area (TPSA) is 58.6 Å². The zero-order chi connectivity index (χ0) is 21.6. The number of ether oxygens (including phenoxy) is 1. The molecule has 0 saturated carbocycles. The number of anilines is 2. The van der Waals surface area contributed by atoms with Crippen molar-refractivity contribution in [3.8, 4) is 5.75 Å². The maximum atomic E-state index is 13.1. The monoisotopic (exact) mass is 412 g/mol. The van der Waals surface area contributed by atoms with Crippen LogP contribution < -0.4 is 9.64 Å². The molecule has 1 amide bonds. The minimum Gasteiger partial charge on any atom is -0.428 e. The number of aromatic nitrogens is 2. The van der Waals surface area contributed by atoms with Gasteiger partial charge in [-0.1, -0.05) is 6.92 Å². The van der Waals surface area contributed by atoms with E-state index in [1.54, 1.807) is 19.0 Å². The molecule has 1 aromatic carbocycles. The number of carbonyl (C=O) groups excluding carboxylic acids is 1. The van der Waals surface area contributed by atoms with Crippen molar-refractivity contribution in [2.45, 2.75) is 25.9 Å². The van der Waals surface area contributed by atoms with E-state index in [1.807, 2.05) is 6.92 Å². The fourth-order valence-corrected chi connectivity index (χ4v) is 2.21. The van der Waals surface area contributed by atoms with Crippen molar-refractivity contribution >= 4 is 17.4 Å². The summed E-state index contributed by atoms with van der Waals surface area (Å²) >= 11 is 0. The van der Waals surface area contributed by atoms with Crippen LogP contribution in [0.15, 0.2) is 48.8 Å². The second kappa shape index (κ2) is 9.35. The molecule has 29 heavy (non-hydrogen) atoms. The van der Waals surface area contributed by atoms with Crippen LogP contribution in [0.3, 0.4) is 0 Å². The van der Waals surface area contributed by atoms with E-state index < -0.39 is 24.2 Å². The van der Waals surface area contributed by atoms with Crippen LogP contribution in [-0.4, -0.2) is 47.4 Å². The number of benzene rings is 1. The molecule has 0 aliphatic rings. The number of hydrogen-bond acceptors (Lipinski definition) is 5. The summed E-state index contributed by atoms with van der Waals surface area (Å²) in [6, 6.07) is 6.26. The average Bonchev–Trinajstić information content (AvgIpc) is 2.67.